The molecule has 1 spiro atoms. The molecule has 1 saturated heterocycles. The van der Waals surface area contributed by atoms with Crippen LogP contribution in [0.3, 0.4) is 0 Å². The first-order valence-corrected chi connectivity index (χ1v) is 10.6. The van der Waals surface area contributed by atoms with Crippen molar-refractivity contribution in [1.82, 2.24) is 15.3 Å². The highest BCUT2D eigenvalue weighted by molar-refractivity contribution is 5.92. The molecule has 0 aliphatic carbocycles. The summed E-state index contributed by atoms with van der Waals surface area (Å²) >= 11 is 0. The summed E-state index contributed by atoms with van der Waals surface area (Å²) in [6, 6.07) is 15.3. The summed E-state index contributed by atoms with van der Waals surface area (Å²) in [5.74, 6) is 1.66. The predicted molar refractivity (Wildman–Crippen MR) is 119 cm³/mol. The standard InChI is InChI=1S/C24H25N5O2/c25-18-7-11-27-21(14-18)29-12-8-24(9-13-29)16-31-22-17(4-3-5-19(22)24)15-28-23(30)20-6-1-2-10-26-20/h1-7,10-11,14H,8-9,12-13,15-16H2,(H2,25,27)(H,28,30). The first kappa shape index (κ1) is 19.4. The molecule has 158 valence electrons. The minimum atomic E-state index is -0.186. The largest absolute Gasteiger partial charge is 0.492 e. The highest BCUT2D eigenvalue weighted by Gasteiger charge is 2.44. The number of hydrogen-bond donors (Lipinski definition) is 2. The highest BCUT2D eigenvalue weighted by atomic mass is 16.5. The van der Waals surface area contributed by atoms with E-state index in [-0.39, 0.29) is 11.3 Å². The second-order valence-corrected chi connectivity index (χ2v) is 8.19. The van der Waals surface area contributed by atoms with E-state index in [4.69, 9.17) is 10.5 Å². The first-order valence-electron chi connectivity index (χ1n) is 10.6. The Morgan fingerprint density at radius 3 is 2.74 bits per heavy atom. The summed E-state index contributed by atoms with van der Waals surface area (Å²) in [7, 11) is 0. The number of carbonyl (C=O) groups excluding carboxylic acids is 1. The maximum absolute atomic E-state index is 12.4. The fraction of sp³-hybridized carbons (Fsp3) is 0.292. The van der Waals surface area contributed by atoms with Gasteiger partial charge in [0.05, 0.1) is 6.61 Å². The van der Waals surface area contributed by atoms with Gasteiger partial charge in [0, 0.05) is 60.3 Å². The van der Waals surface area contributed by atoms with E-state index in [9.17, 15) is 4.79 Å². The number of piperidine rings is 1. The third-order valence-electron chi connectivity index (χ3n) is 6.31. The lowest BCUT2D eigenvalue weighted by molar-refractivity contribution is 0.0945. The van der Waals surface area contributed by atoms with Crippen LogP contribution in [0, 0.1) is 0 Å². The summed E-state index contributed by atoms with van der Waals surface area (Å²) in [5, 5.41) is 2.96. The van der Waals surface area contributed by atoms with Crippen LogP contribution in [-0.2, 0) is 12.0 Å². The van der Waals surface area contributed by atoms with Crippen molar-refractivity contribution in [3.8, 4) is 5.75 Å². The van der Waals surface area contributed by atoms with Gasteiger partial charge in [0.15, 0.2) is 0 Å². The van der Waals surface area contributed by atoms with E-state index in [1.807, 2.05) is 18.2 Å². The Morgan fingerprint density at radius 2 is 1.97 bits per heavy atom. The van der Waals surface area contributed by atoms with Gasteiger partial charge in [-0.2, -0.15) is 0 Å². The number of amides is 1. The third kappa shape index (κ3) is 3.67. The number of fused-ring (bicyclic) bond motifs is 2. The van der Waals surface area contributed by atoms with Gasteiger partial charge in [0.1, 0.15) is 17.3 Å². The summed E-state index contributed by atoms with van der Waals surface area (Å²) in [6.45, 7) is 2.89. The number of nitrogens with zero attached hydrogens (tertiary/aromatic N) is 3. The number of pyridine rings is 2. The smallest absolute Gasteiger partial charge is 0.270 e. The minimum absolute atomic E-state index is 0.00711. The molecule has 1 amide bonds. The lowest BCUT2D eigenvalue weighted by Gasteiger charge is -2.39. The molecule has 1 aromatic carbocycles. The molecular weight excluding hydrogens is 390 g/mol. The van der Waals surface area contributed by atoms with Crippen LogP contribution in [-0.4, -0.2) is 35.6 Å². The molecular formula is C24H25N5O2. The van der Waals surface area contributed by atoms with E-state index >= 15 is 0 Å². The van der Waals surface area contributed by atoms with Gasteiger partial charge in [0.25, 0.3) is 5.91 Å². The van der Waals surface area contributed by atoms with Crippen LogP contribution < -0.4 is 20.7 Å². The topological polar surface area (TPSA) is 93.4 Å². The Bertz CT molecular complexity index is 1090. The van der Waals surface area contributed by atoms with Crippen molar-refractivity contribution < 1.29 is 9.53 Å². The number of nitrogen functional groups attached to an aromatic ring is 1. The third-order valence-corrected chi connectivity index (χ3v) is 6.31. The quantitative estimate of drug-likeness (QED) is 0.681. The van der Waals surface area contributed by atoms with E-state index < -0.39 is 0 Å². The number of nitrogens with one attached hydrogen (secondary N) is 1. The number of ether oxygens (including phenoxy) is 1. The maximum Gasteiger partial charge on any atom is 0.270 e. The monoisotopic (exact) mass is 415 g/mol. The Morgan fingerprint density at radius 1 is 1.10 bits per heavy atom. The van der Waals surface area contributed by atoms with Gasteiger partial charge in [-0.3, -0.25) is 9.78 Å². The van der Waals surface area contributed by atoms with E-state index in [0.29, 0.717) is 18.8 Å². The van der Waals surface area contributed by atoms with Crippen LogP contribution >= 0.6 is 0 Å². The summed E-state index contributed by atoms with van der Waals surface area (Å²) < 4.78 is 6.20. The molecule has 31 heavy (non-hydrogen) atoms. The second kappa shape index (κ2) is 7.91. The highest BCUT2D eigenvalue weighted by Crippen LogP contribution is 2.47. The zero-order chi connectivity index (χ0) is 21.3. The molecule has 0 atom stereocenters. The molecule has 4 heterocycles. The number of hydrogen-bond acceptors (Lipinski definition) is 6. The Balaban J connectivity index is 1.30. The average Bonchev–Trinajstić information content (AvgIpc) is 3.17. The number of aromatic nitrogens is 2. The first-order chi connectivity index (χ1) is 15.1. The zero-order valence-electron chi connectivity index (χ0n) is 17.3. The minimum Gasteiger partial charge on any atom is -0.492 e. The molecule has 2 aromatic heterocycles. The number of nitrogens with two attached hydrogens (primary N) is 1. The van der Waals surface area contributed by atoms with Crippen molar-refractivity contribution in [2.45, 2.75) is 24.8 Å². The van der Waals surface area contributed by atoms with Gasteiger partial charge >= 0.3 is 0 Å². The van der Waals surface area contributed by atoms with E-state index in [1.165, 1.54) is 5.56 Å². The summed E-state index contributed by atoms with van der Waals surface area (Å²) in [6.07, 6.45) is 5.35. The molecule has 7 heteroatoms. The lowest BCUT2D eigenvalue weighted by Crippen LogP contribution is -2.44. The van der Waals surface area contributed by atoms with Gasteiger partial charge in [-0.05, 0) is 31.0 Å². The molecule has 0 unspecified atom stereocenters. The number of benzene rings is 1. The van der Waals surface area contributed by atoms with Crippen LogP contribution in [0.5, 0.6) is 5.75 Å². The van der Waals surface area contributed by atoms with Gasteiger partial charge in [-0.1, -0.05) is 24.3 Å². The number of para-hydroxylation sites is 1. The Hall–Kier alpha value is -3.61. The van der Waals surface area contributed by atoms with Crippen molar-refractivity contribution in [1.29, 1.82) is 0 Å². The van der Waals surface area contributed by atoms with Crippen molar-refractivity contribution in [2.24, 2.45) is 0 Å². The molecule has 5 rings (SSSR count). The molecule has 2 aliphatic heterocycles. The molecule has 3 aromatic rings. The van der Waals surface area contributed by atoms with E-state index in [2.05, 4.69) is 32.3 Å². The Labute approximate surface area is 181 Å². The lowest BCUT2D eigenvalue weighted by atomic mass is 9.74. The fourth-order valence-electron chi connectivity index (χ4n) is 4.55. The SMILES string of the molecule is Nc1ccnc(N2CCC3(CC2)COc2c(CNC(=O)c4ccccn4)cccc23)c1. The van der Waals surface area contributed by atoms with Crippen molar-refractivity contribution in [3.05, 3.63) is 77.7 Å². The molecule has 7 nitrogen and oxygen atoms in total. The van der Waals surface area contributed by atoms with Crippen LogP contribution in [0.25, 0.3) is 0 Å². The molecule has 0 radical (unpaired) electrons. The number of rotatable bonds is 4. The average molecular weight is 415 g/mol. The second-order valence-electron chi connectivity index (χ2n) is 8.19. The Kier molecular flexibility index (Phi) is 4.94. The fourth-order valence-corrected chi connectivity index (χ4v) is 4.55. The van der Waals surface area contributed by atoms with Crippen molar-refractivity contribution in [3.63, 3.8) is 0 Å². The van der Waals surface area contributed by atoms with Gasteiger partial charge in [-0.15, -0.1) is 0 Å². The van der Waals surface area contributed by atoms with Crippen LogP contribution in [0.1, 0.15) is 34.5 Å². The normalized spacial score (nSPS) is 16.6. The van der Waals surface area contributed by atoms with Gasteiger partial charge in [-0.25, -0.2) is 4.98 Å². The van der Waals surface area contributed by atoms with Crippen molar-refractivity contribution >= 4 is 17.4 Å². The molecule has 0 saturated carbocycles. The molecule has 0 bridgehead atoms. The van der Waals surface area contributed by atoms with Crippen LogP contribution in [0.4, 0.5) is 11.5 Å². The molecule has 3 N–H and O–H groups in total. The predicted octanol–water partition coefficient (Wildman–Crippen LogP) is 2.92. The summed E-state index contributed by atoms with van der Waals surface area (Å²) in [4.78, 5) is 23.2. The molecule has 1 fully saturated rings. The maximum atomic E-state index is 12.4. The van der Waals surface area contributed by atoms with E-state index in [0.717, 1.165) is 48.7 Å². The summed E-state index contributed by atoms with van der Waals surface area (Å²) in [5.41, 5.74) is 9.33. The molecule has 2 aliphatic rings. The van der Waals surface area contributed by atoms with Crippen LogP contribution in [0.2, 0.25) is 0 Å². The van der Waals surface area contributed by atoms with Gasteiger partial charge < -0.3 is 20.7 Å². The number of anilines is 2. The zero-order valence-corrected chi connectivity index (χ0v) is 17.3. The van der Waals surface area contributed by atoms with E-state index in [1.54, 1.807) is 30.6 Å². The van der Waals surface area contributed by atoms with Crippen molar-refractivity contribution in [2.75, 3.05) is 30.3 Å². The van der Waals surface area contributed by atoms with Gasteiger partial charge in [0.2, 0.25) is 0 Å². The van der Waals surface area contributed by atoms with Crippen LogP contribution in [0.15, 0.2) is 60.9 Å². The number of carbonyl (C=O) groups is 1.